The number of thioether (sulfide) groups is 1. The molecule has 9 nitrogen and oxygen atoms in total. The Morgan fingerprint density at radius 2 is 2.06 bits per heavy atom. The van der Waals surface area contributed by atoms with Gasteiger partial charge in [-0.25, -0.2) is 4.98 Å². The summed E-state index contributed by atoms with van der Waals surface area (Å²) in [4.78, 5) is 48.4. The third kappa shape index (κ3) is 5.48. The van der Waals surface area contributed by atoms with E-state index in [0.29, 0.717) is 23.9 Å². The van der Waals surface area contributed by atoms with Crippen molar-refractivity contribution in [2.45, 2.75) is 45.4 Å². The van der Waals surface area contributed by atoms with Crippen molar-refractivity contribution in [1.82, 2.24) is 25.7 Å². The first-order chi connectivity index (χ1) is 16.0. The van der Waals surface area contributed by atoms with Crippen molar-refractivity contribution in [3.63, 3.8) is 0 Å². The van der Waals surface area contributed by atoms with Crippen LogP contribution < -0.4 is 16.4 Å². The summed E-state index contributed by atoms with van der Waals surface area (Å²) in [7, 11) is 0. The fraction of sp³-hybridized carbons (Fsp3) is 0.455. The van der Waals surface area contributed by atoms with Crippen LogP contribution in [0.15, 0.2) is 21.3 Å². The average Bonchev–Trinajstić information content (AvgIpc) is 3.52. The van der Waals surface area contributed by atoms with Gasteiger partial charge in [0, 0.05) is 4.88 Å². The van der Waals surface area contributed by atoms with Crippen LogP contribution in [0.2, 0.25) is 0 Å². The number of amides is 2. The fourth-order valence-corrected chi connectivity index (χ4v) is 5.80. The number of carbonyl (C=O) groups is 2. The van der Waals surface area contributed by atoms with E-state index in [9.17, 15) is 14.4 Å². The Morgan fingerprint density at radius 3 is 2.85 bits per heavy atom. The van der Waals surface area contributed by atoms with Crippen molar-refractivity contribution in [2.24, 2.45) is 0 Å². The first kappa shape index (κ1) is 23.5. The minimum absolute atomic E-state index is 0.105. The molecule has 0 saturated heterocycles. The molecule has 0 saturated carbocycles. The highest BCUT2D eigenvalue weighted by Crippen LogP contribution is 2.34. The van der Waals surface area contributed by atoms with E-state index in [1.165, 1.54) is 16.6 Å². The summed E-state index contributed by atoms with van der Waals surface area (Å²) in [6.07, 6.45) is 3.05. The van der Waals surface area contributed by atoms with E-state index in [1.54, 1.807) is 23.5 Å². The molecule has 2 amide bonds. The molecule has 1 aliphatic carbocycles. The standard InChI is InChI=1S/C22H27N5O4S2/c1-3-27(4-2)10-13-8-9-15(31-13)20(29)26-25-18(28)12-32-11-17-23-21(30)19-14-6-5-7-16(14)33-22(19)24-17/h8-9H,3-7,10-12H2,1-2H3,(H,25,28)(H,26,29)(H,23,24,30). The van der Waals surface area contributed by atoms with E-state index in [1.807, 2.05) is 0 Å². The summed E-state index contributed by atoms with van der Waals surface area (Å²) >= 11 is 2.90. The molecule has 0 atom stereocenters. The second-order valence-electron chi connectivity index (χ2n) is 7.77. The maximum Gasteiger partial charge on any atom is 0.305 e. The van der Waals surface area contributed by atoms with Gasteiger partial charge in [0.2, 0.25) is 5.91 Å². The monoisotopic (exact) mass is 489 g/mol. The van der Waals surface area contributed by atoms with Gasteiger partial charge in [0.05, 0.1) is 23.4 Å². The highest BCUT2D eigenvalue weighted by atomic mass is 32.2. The van der Waals surface area contributed by atoms with Gasteiger partial charge < -0.3 is 9.40 Å². The number of aryl methyl sites for hydroxylation is 2. The molecule has 0 spiro atoms. The number of hydrogen-bond acceptors (Lipinski definition) is 8. The molecule has 0 radical (unpaired) electrons. The number of nitrogens with one attached hydrogen (secondary N) is 3. The first-order valence-electron chi connectivity index (χ1n) is 11.0. The van der Waals surface area contributed by atoms with Gasteiger partial charge in [-0.1, -0.05) is 13.8 Å². The lowest BCUT2D eigenvalue weighted by Gasteiger charge is -2.15. The molecule has 1 aliphatic rings. The molecule has 3 heterocycles. The minimum atomic E-state index is -0.513. The molecule has 0 fully saturated rings. The Morgan fingerprint density at radius 1 is 1.24 bits per heavy atom. The summed E-state index contributed by atoms with van der Waals surface area (Å²) in [6.45, 7) is 6.53. The van der Waals surface area contributed by atoms with Crippen LogP contribution in [0.25, 0.3) is 10.2 Å². The number of fused-ring (bicyclic) bond motifs is 3. The number of carbonyl (C=O) groups excluding carboxylic acids is 2. The summed E-state index contributed by atoms with van der Waals surface area (Å²) in [5.41, 5.74) is 5.79. The lowest BCUT2D eigenvalue weighted by atomic mass is 10.2. The number of aromatic nitrogens is 2. The maximum absolute atomic E-state index is 12.5. The summed E-state index contributed by atoms with van der Waals surface area (Å²) in [5, 5.41) is 0.722. The van der Waals surface area contributed by atoms with Crippen molar-refractivity contribution in [1.29, 1.82) is 0 Å². The van der Waals surface area contributed by atoms with Crippen molar-refractivity contribution < 1.29 is 14.0 Å². The number of furan rings is 1. The van der Waals surface area contributed by atoms with Crippen LogP contribution in [0.5, 0.6) is 0 Å². The lowest BCUT2D eigenvalue weighted by Crippen LogP contribution is -2.42. The van der Waals surface area contributed by atoms with Gasteiger partial charge >= 0.3 is 5.91 Å². The second kappa shape index (κ2) is 10.5. The SMILES string of the molecule is CCN(CC)Cc1ccc(C(=O)NNC(=O)CSCc2nc3sc4c(c3c(=O)[nH]2)CCC4)o1. The van der Waals surface area contributed by atoms with Gasteiger partial charge in [-0.3, -0.25) is 30.1 Å². The number of nitrogens with zero attached hydrogens (tertiary/aromatic N) is 2. The molecular formula is C22H27N5O4S2. The first-order valence-corrected chi connectivity index (χ1v) is 13.0. The molecule has 4 rings (SSSR count). The summed E-state index contributed by atoms with van der Waals surface area (Å²) in [5.74, 6) is 1.01. The van der Waals surface area contributed by atoms with Gasteiger partial charge in [0.25, 0.3) is 5.56 Å². The molecule has 33 heavy (non-hydrogen) atoms. The zero-order chi connectivity index (χ0) is 23.4. The zero-order valence-corrected chi connectivity index (χ0v) is 20.3. The van der Waals surface area contributed by atoms with Crippen LogP contribution in [0.3, 0.4) is 0 Å². The van der Waals surface area contributed by atoms with Gasteiger partial charge in [0.15, 0.2) is 5.76 Å². The van der Waals surface area contributed by atoms with Crippen LogP contribution in [-0.2, 0) is 29.9 Å². The van der Waals surface area contributed by atoms with E-state index in [4.69, 9.17) is 4.42 Å². The van der Waals surface area contributed by atoms with Crippen molar-refractivity contribution in [3.8, 4) is 0 Å². The molecule has 0 bridgehead atoms. The molecule has 3 aromatic rings. The predicted molar refractivity (Wildman–Crippen MR) is 129 cm³/mol. The highest BCUT2D eigenvalue weighted by molar-refractivity contribution is 7.99. The van der Waals surface area contributed by atoms with Gasteiger partial charge in [-0.05, 0) is 50.0 Å². The van der Waals surface area contributed by atoms with Crippen LogP contribution in [0.4, 0.5) is 0 Å². The summed E-state index contributed by atoms with van der Waals surface area (Å²) in [6, 6.07) is 3.35. The van der Waals surface area contributed by atoms with Crippen molar-refractivity contribution >= 4 is 45.1 Å². The van der Waals surface area contributed by atoms with E-state index in [2.05, 4.69) is 39.6 Å². The third-order valence-electron chi connectivity index (χ3n) is 5.57. The van der Waals surface area contributed by atoms with E-state index < -0.39 is 5.91 Å². The van der Waals surface area contributed by atoms with Gasteiger partial charge in [0.1, 0.15) is 16.4 Å². The van der Waals surface area contributed by atoms with Crippen LogP contribution in [-0.4, -0.2) is 45.5 Å². The number of H-pyrrole nitrogens is 1. The van der Waals surface area contributed by atoms with Crippen LogP contribution >= 0.6 is 23.1 Å². The maximum atomic E-state index is 12.5. The number of hydrazine groups is 1. The number of hydrogen-bond donors (Lipinski definition) is 3. The second-order valence-corrected chi connectivity index (χ2v) is 9.84. The Kier molecular flexibility index (Phi) is 7.51. The zero-order valence-electron chi connectivity index (χ0n) is 18.7. The third-order valence-corrected chi connectivity index (χ3v) is 7.70. The minimum Gasteiger partial charge on any atom is -0.454 e. The molecule has 0 unspecified atom stereocenters. The van der Waals surface area contributed by atoms with E-state index in [-0.39, 0.29) is 23.0 Å². The number of thiophene rings is 1. The smallest absolute Gasteiger partial charge is 0.305 e. The molecule has 11 heteroatoms. The van der Waals surface area contributed by atoms with Crippen molar-refractivity contribution in [3.05, 3.63) is 50.3 Å². The normalized spacial score (nSPS) is 12.9. The Hall–Kier alpha value is -2.63. The highest BCUT2D eigenvalue weighted by Gasteiger charge is 2.21. The molecule has 0 aliphatic heterocycles. The molecular weight excluding hydrogens is 462 g/mol. The quantitative estimate of drug-likeness (QED) is 0.395. The molecule has 3 aromatic heterocycles. The number of rotatable bonds is 9. The number of aromatic amines is 1. The topological polar surface area (TPSA) is 120 Å². The summed E-state index contributed by atoms with van der Waals surface area (Å²) < 4.78 is 5.57. The predicted octanol–water partition coefficient (Wildman–Crippen LogP) is 2.60. The largest absolute Gasteiger partial charge is 0.454 e. The molecule has 3 N–H and O–H groups in total. The molecule has 176 valence electrons. The lowest BCUT2D eigenvalue weighted by molar-refractivity contribution is -0.119. The Labute approximate surface area is 199 Å². The molecule has 0 aromatic carbocycles. The van der Waals surface area contributed by atoms with Gasteiger partial charge in [-0.15, -0.1) is 23.1 Å². The van der Waals surface area contributed by atoms with E-state index in [0.717, 1.165) is 48.1 Å². The Balaban J connectivity index is 1.23. The van der Waals surface area contributed by atoms with Crippen molar-refractivity contribution in [2.75, 3.05) is 18.8 Å². The fourth-order valence-electron chi connectivity index (χ4n) is 3.83. The van der Waals surface area contributed by atoms with E-state index >= 15 is 0 Å². The average molecular weight is 490 g/mol. The Bertz CT molecular complexity index is 1210. The van der Waals surface area contributed by atoms with Crippen LogP contribution in [0, 0.1) is 0 Å². The van der Waals surface area contributed by atoms with Crippen LogP contribution in [0.1, 0.15) is 52.8 Å². The van der Waals surface area contributed by atoms with Gasteiger partial charge in [-0.2, -0.15) is 0 Å².